The second-order valence-electron chi connectivity index (χ2n) is 6.74. The minimum atomic E-state index is -0.0822. The van der Waals surface area contributed by atoms with Gasteiger partial charge in [-0.05, 0) is 82.5 Å². The van der Waals surface area contributed by atoms with Crippen LogP contribution >= 0.6 is 27.5 Å². The molecule has 1 aliphatic heterocycles. The van der Waals surface area contributed by atoms with Crippen LogP contribution in [0.4, 0.5) is 5.69 Å². The van der Waals surface area contributed by atoms with Crippen molar-refractivity contribution in [1.29, 1.82) is 0 Å². The number of carbonyl (C=O) groups is 1. The summed E-state index contributed by atoms with van der Waals surface area (Å²) in [4.78, 5) is 15.1. The number of hydrogen-bond donors (Lipinski definition) is 0. The van der Waals surface area contributed by atoms with Gasteiger partial charge in [-0.3, -0.25) is 9.69 Å². The summed E-state index contributed by atoms with van der Waals surface area (Å²) >= 11 is 9.59. The minimum Gasteiger partial charge on any atom is -0.493 e. The van der Waals surface area contributed by atoms with Gasteiger partial charge in [0.15, 0.2) is 0 Å². The molecule has 4 rings (SSSR count). The van der Waals surface area contributed by atoms with Gasteiger partial charge in [-0.2, -0.15) is 0 Å². The molecule has 0 spiro atoms. The summed E-state index contributed by atoms with van der Waals surface area (Å²) in [5.74, 6) is 0.696. The van der Waals surface area contributed by atoms with E-state index in [9.17, 15) is 4.79 Å². The number of hydrogen-bond acceptors (Lipinski definition) is 2. The molecule has 5 heteroatoms. The molecule has 0 fully saturated rings. The third-order valence-electron chi connectivity index (χ3n) is 4.72. The fraction of sp³-hybridized carbons (Fsp3) is 0.0800. The van der Waals surface area contributed by atoms with Crippen LogP contribution in [0.5, 0.6) is 5.75 Å². The van der Waals surface area contributed by atoms with E-state index in [4.69, 9.17) is 16.3 Å². The van der Waals surface area contributed by atoms with E-state index in [0.29, 0.717) is 17.2 Å². The van der Waals surface area contributed by atoms with Crippen molar-refractivity contribution in [3.8, 4) is 5.75 Å². The molecule has 1 aliphatic rings. The normalized spacial score (nSPS) is 14.9. The van der Waals surface area contributed by atoms with Gasteiger partial charge in [0, 0.05) is 16.3 Å². The van der Waals surface area contributed by atoms with Gasteiger partial charge < -0.3 is 4.74 Å². The summed E-state index contributed by atoms with van der Waals surface area (Å²) in [5, 5.41) is 0.630. The molecule has 3 aromatic carbocycles. The van der Waals surface area contributed by atoms with E-state index in [1.54, 1.807) is 17.0 Å². The molecular formula is C25H19BrClNO2. The zero-order valence-electron chi connectivity index (χ0n) is 16.3. The predicted octanol–water partition coefficient (Wildman–Crippen LogP) is 6.97. The quantitative estimate of drug-likeness (QED) is 0.369. The molecule has 30 heavy (non-hydrogen) atoms. The maximum absolute atomic E-state index is 13.4. The fourth-order valence-corrected chi connectivity index (χ4v) is 3.98. The first-order valence-electron chi connectivity index (χ1n) is 9.58. The highest BCUT2D eigenvalue weighted by atomic mass is 79.9. The van der Waals surface area contributed by atoms with Crippen molar-refractivity contribution in [3.05, 3.63) is 105 Å². The maximum Gasteiger partial charge on any atom is 0.262 e. The Balaban J connectivity index is 1.76. The fourth-order valence-electron chi connectivity index (χ4n) is 3.34. The number of carbonyl (C=O) groups excluding carboxylic acids is 1. The SMILES string of the molecule is CCOc1ccc(/C=C2\C=C(c3ccccc3)N(c3ccc(Cl)cc3)C2=O)cc1Br. The molecule has 1 heterocycles. The Labute approximate surface area is 189 Å². The first kappa shape index (κ1) is 20.5. The lowest BCUT2D eigenvalue weighted by Gasteiger charge is -2.21. The van der Waals surface area contributed by atoms with Gasteiger partial charge in [0.1, 0.15) is 5.75 Å². The van der Waals surface area contributed by atoms with Crippen LogP contribution in [-0.4, -0.2) is 12.5 Å². The van der Waals surface area contributed by atoms with Crippen LogP contribution < -0.4 is 9.64 Å². The summed E-state index contributed by atoms with van der Waals surface area (Å²) in [6.07, 6.45) is 3.82. The molecule has 1 amide bonds. The Morgan fingerprint density at radius 3 is 2.43 bits per heavy atom. The molecule has 0 radical (unpaired) electrons. The standard InChI is InChI=1S/C25H19BrClNO2/c1-2-30-24-13-8-17(15-22(24)26)14-19-16-23(18-6-4-3-5-7-18)28(25(19)29)21-11-9-20(27)10-12-21/h3-16H,2H2,1H3/b19-14+. The van der Waals surface area contributed by atoms with Crippen LogP contribution in [0.1, 0.15) is 18.1 Å². The predicted molar refractivity (Wildman–Crippen MR) is 127 cm³/mol. The molecule has 0 unspecified atom stereocenters. The molecule has 0 N–H and O–H groups in total. The van der Waals surface area contributed by atoms with Gasteiger partial charge in [0.2, 0.25) is 0 Å². The average Bonchev–Trinajstić information content (AvgIpc) is 3.07. The van der Waals surface area contributed by atoms with E-state index in [-0.39, 0.29) is 5.91 Å². The van der Waals surface area contributed by atoms with Crippen LogP contribution in [0.25, 0.3) is 11.8 Å². The second-order valence-corrected chi connectivity index (χ2v) is 8.03. The van der Waals surface area contributed by atoms with Crippen molar-refractivity contribution >= 4 is 50.9 Å². The second kappa shape index (κ2) is 8.90. The van der Waals surface area contributed by atoms with Gasteiger partial charge in [0.25, 0.3) is 5.91 Å². The molecule has 0 saturated heterocycles. The summed E-state index contributed by atoms with van der Waals surface area (Å²) in [7, 11) is 0. The molecule has 3 nitrogen and oxygen atoms in total. The van der Waals surface area contributed by atoms with Gasteiger partial charge >= 0.3 is 0 Å². The van der Waals surface area contributed by atoms with Crippen molar-refractivity contribution in [2.75, 3.05) is 11.5 Å². The van der Waals surface area contributed by atoms with Crippen LogP contribution in [0.2, 0.25) is 5.02 Å². The lowest BCUT2D eigenvalue weighted by molar-refractivity contribution is -0.113. The van der Waals surface area contributed by atoms with E-state index in [1.807, 2.05) is 79.7 Å². The maximum atomic E-state index is 13.4. The summed E-state index contributed by atoms with van der Waals surface area (Å²) < 4.78 is 6.43. The summed E-state index contributed by atoms with van der Waals surface area (Å²) in [6.45, 7) is 2.54. The molecular weight excluding hydrogens is 462 g/mol. The molecule has 0 atom stereocenters. The van der Waals surface area contributed by atoms with Gasteiger partial charge in [-0.1, -0.05) is 48.0 Å². The number of rotatable bonds is 5. The largest absolute Gasteiger partial charge is 0.493 e. The van der Waals surface area contributed by atoms with E-state index in [0.717, 1.165) is 32.7 Å². The molecule has 0 aromatic heterocycles. The highest BCUT2D eigenvalue weighted by Crippen LogP contribution is 2.36. The number of benzene rings is 3. The Morgan fingerprint density at radius 1 is 1.03 bits per heavy atom. The third kappa shape index (κ3) is 4.20. The summed E-state index contributed by atoms with van der Waals surface area (Å²) in [5.41, 5.74) is 4.10. The van der Waals surface area contributed by atoms with Crippen molar-refractivity contribution in [2.24, 2.45) is 0 Å². The Hall–Kier alpha value is -2.82. The number of amides is 1. The first-order valence-corrected chi connectivity index (χ1v) is 10.7. The summed E-state index contributed by atoms with van der Waals surface area (Å²) in [6, 6.07) is 23.0. The number of nitrogens with zero attached hydrogens (tertiary/aromatic N) is 1. The van der Waals surface area contributed by atoms with E-state index in [2.05, 4.69) is 15.9 Å². The number of ether oxygens (including phenoxy) is 1. The van der Waals surface area contributed by atoms with Crippen LogP contribution in [0.3, 0.4) is 0 Å². The topological polar surface area (TPSA) is 29.5 Å². The van der Waals surface area contributed by atoms with Gasteiger partial charge in [0.05, 0.1) is 16.8 Å². The van der Waals surface area contributed by atoms with Crippen molar-refractivity contribution < 1.29 is 9.53 Å². The highest BCUT2D eigenvalue weighted by Gasteiger charge is 2.30. The Kier molecular flexibility index (Phi) is 6.07. The first-order chi connectivity index (χ1) is 14.6. The van der Waals surface area contributed by atoms with E-state index < -0.39 is 0 Å². The zero-order chi connectivity index (χ0) is 21.1. The molecule has 0 aliphatic carbocycles. The van der Waals surface area contributed by atoms with Crippen molar-refractivity contribution in [3.63, 3.8) is 0 Å². The van der Waals surface area contributed by atoms with Crippen LogP contribution in [0, 0.1) is 0 Å². The van der Waals surface area contributed by atoms with Gasteiger partial charge in [-0.25, -0.2) is 0 Å². The lowest BCUT2D eigenvalue weighted by atomic mass is 10.1. The van der Waals surface area contributed by atoms with Crippen LogP contribution in [0.15, 0.2) is 88.9 Å². The monoisotopic (exact) mass is 479 g/mol. The smallest absolute Gasteiger partial charge is 0.262 e. The molecule has 0 saturated carbocycles. The zero-order valence-corrected chi connectivity index (χ0v) is 18.7. The molecule has 0 bridgehead atoms. The lowest BCUT2D eigenvalue weighted by Crippen LogP contribution is -2.24. The number of anilines is 1. The minimum absolute atomic E-state index is 0.0822. The van der Waals surface area contributed by atoms with Gasteiger partial charge in [-0.15, -0.1) is 0 Å². The van der Waals surface area contributed by atoms with Crippen molar-refractivity contribution in [2.45, 2.75) is 6.92 Å². The van der Waals surface area contributed by atoms with E-state index in [1.165, 1.54) is 0 Å². The van der Waals surface area contributed by atoms with Crippen molar-refractivity contribution in [1.82, 2.24) is 0 Å². The Morgan fingerprint density at radius 2 is 1.77 bits per heavy atom. The van der Waals surface area contributed by atoms with E-state index >= 15 is 0 Å². The molecule has 3 aromatic rings. The van der Waals surface area contributed by atoms with Crippen LogP contribution in [-0.2, 0) is 4.79 Å². The third-order valence-corrected chi connectivity index (χ3v) is 5.59. The molecule has 150 valence electrons. The average molecular weight is 481 g/mol. The number of halogens is 2. The Bertz CT molecular complexity index is 1140. The highest BCUT2D eigenvalue weighted by molar-refractivity contribution is 9.10.